The van der Waals surface area contributed by atoms with Gasteiger partial charge >= 0.3 is 11.9 Å². The minimum atomic E-state index is -1.19. The van der Waals surface area contributed by atoms with E-state index in [9.17, 15) is 24.3 Å². The monoisotopic (exact) mass is 827 g/mol. The lowest BCUT2D eigenvalue weighted by Gasteiger charge is -2.27. The van der Waals surface area contributed by atoms with Crippen molar-refractivity contribution >= 4 is 91.5 Å². The van der Waals surface area contributed by atoms with Gasteiger partial charge in [-0.1, -0.05) is 116 Å². The molecule has 1 saturated heterocycles. The first-order valence-electron chi connectivity index (χ1n) is 19.4. The summed E-state index contributed by atoms with van der Waals surface area (Å²) in [5.41, 5.74) is 8.47. The van der Waals surface area contributed by atoms with Crippen LogP contribution in [0.15, 0.2) is 108 Å². The van der Waals surface area contributed by atoms with Crippen LogP contribution in [0.2, 0.25) is 0 Å². The number of rotatable bonds is 13. The summed E-state index contributed by atoms with van der Waals surface area (Å²) >= 11 is 7.68. The average molecular weight is 828 g/mol. The van der Waals surface area contributed by atoms with Gasteiger partial charge in [0.15, 0.2) is 0 Å². The van der Waals surface area contributed by atoms with Gasteiger partial charge < -0.3 is 15.1 Å². The van der Waals surface area contributed by atoms with Crippen LogP contribution in [0.4, 0.5) is 11.4 Å². The van der Waals surface area contributed by atoms with Gasteiger partial charge in [-0.3, -0.25) is 28.6 Å². The molecular weight excluding hydrogens is 787 g/mol. The van der Waals surface area contributed by atoms with Crippen LogP contribution in [0.5, 0.6) is 0 Å². The first-order chi connectivity index (χ1) is 28.2. The standard InChI is InChI=1S/C46H41N3O6S3/c50-40(51)17-8-3-9-24-47-44(55)42(58-46(47)56)45-48(28-41(52)53)43(54)39(57-45)27-30-20-23-38-36(26-30)34-15-10-16-37(34)49(38)33-21-18-29(19-22-33)25-35(31-11-4-1-5-12-31)32-13-6-2-7-14-32/h1-2,4-7,11-14,18-23,25-27,34,37H,3,8-10,15-17,24,28H2,(H,50,51)(H,52,53)/b39-27+,45-42+. The molecule has 4 aromatic carbocycles. The predicted molar refractivity (Wildman–Crippen MR) is 236 cm³/mol. The number of carbonyl (C=O) groups excluding carboxylic acids is 1. The molecule has 2 unspecified atom stereocenters. The van der Waals surface area contributed by atoms with Crippen molar-refractivity contribution in [1.82, 2.24) is 9.47 Å². The molecule has 1 saturated carbocycles. The first kappa shape index (κ1) is 39.3. The highest BCUT2D eigenvalue weighted by molar-refractivity contribution is 8.30. The minimum absolute atomic E-state index is 0.0580. The fraction of sp³-hybridized carbons (Fsp3) is 0.239. The number of aromatic nitrogens is 1. The summed E-state index contributed by atoms with van der Waals surface area (Å²) in [6.07, 6.45) is 9.05. The molecule has 1 aliphatic carbocycles. The molecule has 3 aliphatic rings. The van der Waals surface area contributed by atoms with Crippen LogP contribution in [0.25, 0.3) is 22.6 Å². The lowest BCUT2D eigenvalue weighted by Crippen LogP contribution is -2.35. The van der Waals surface area contributed by atoms with E-state index in [4.69, 9.17) is 17.3 Å². The van der Waals surface area contributed by atoms with Crippen LogP contribution in [-0.2, 0) is 20.9 Å². The van der Waals surface area contributed by atoms with E-state index < -0.39 is 24.0 Å². The molecular formula is C46H41N3O6S3. The quantitative estimate of drug-likeness (QED) is 0.0696. The number of nitrogens with zero attached hydrogens (tertiary/aromatic N) is 3. The van der Waals surface area contributed by atoms with Crippen LogP contribution >= 0.6 is 35.3 Å². The molecule has 5 aromatic rings. The first-order valence-corrected chi connectivity index (χ1v) is 21.5. The Bertz CT molecular complexity index is 2580. The summed E-state index contributed by atoms with van der Waals surface area (Å²) in [7, 11) is 0. The van der Waals surface area contributed by atoms with Gasteiger partial charge in [0.1, 0.15) is 20.4 Å². The van der Waals surface area contributed by atoms with Gasteiger partial charge in [-0.25, -0.2) is 0 Å². The molecule has 12 heteroatoms. The number of thioether (sulfide) groups is 1. The SMILES string of the molecule is O=C(O)CCCCCN1C(=O)/C(=c2\s/c(=C/c3ccc4c(c3)C3CCCC3N4c3ccc(C=C(c4ccccc4)c4ccccc4)cc3)c(=O)n2CC(=O)O)SC1=S. The maximum absolute atomic E-state index is 13.8. The van der Waals surface area contributed by atoms with E-state index >= 15 is 0 Å². The Morgan fingerprint density at radius 2 is 1.50 bits per heavy atom. The molecule has 0 radical (unpaired) electrons. The number of carboxylic acid groups (broad SMARTS) is 2. The molecule has 0 bridgehead atoms. The van der Waals surface area contributed by atoms with E-state index in [2.05, 4.69) is 95.9 Å². The van der Waals surface area contributed by atoms with Crippen molar-refractivity contribution in [2.45, 2.75) is 63.5 Å². The third-order valence-electron chi connectivity index (χ3n) is 11.0. The molecule has 8 rings (SSSR count). The van der Waals surface area contributed by atoms with Gasteiger partial charge in [0, 0.05) is 36.3 Å². The number of fused-ring (bicyclic) bond motifs is 3. The van der Waals surface area contributed by atoms with Crippen molar-refractivity contribution in [3.8, 4) is 0 Å². The Morgan fingerprint density at radius 3 is 2.17 bits per heavy atom. The maximum Gasteiger partial charge on any atom is 0.323 e. The average Bonchev–Trinajstić information content (AvgIpc) is 3.97. The Morgan fingerprint density at radius 1 is 0.810 bits per heavy atom. The van der Waals surface area contributed by atoms with Crippen LogP contribution in [-0.4, -0.2) is 54.4 Å². The van der Waals surface area contributed by atoms with Crippen LogP contribution in [0.3, 0.4) is 0 Å². The molecule has 2 aliphatic heterocycles. The Kier molecular flexibility index (Phi) is 11.6. The third-order valence-corrected chi connectivity index (χ3v) is 13.7. The van der Waals surface area contributed by atoms with E-state index in [1.165, 1.54) is 10.5 Å². The number of unbranched alkanes of at least 4 members (excludes halogenated alkanes) is 2. The lowest BCUT2D eigenvalue weighted by atomic mass is 9.95. The summed E-state index contributed by atoms with van der Waals surface area (Å²) in [5, 5.41) is 18.7. The summed E-state index contributed by atoms with van der Waals surface area (Å²) in [4.78, 5) is 54.3. The van der Waals surface area contributed by atoms with Crippen molar-refractivity contribution in [3.63, 3.8) is 0 Å². The number of benzene rings is 4. The molecule has 2 N–H and O–H groups in total. The topological polar surface area (TPSA) is 120 Å². The van der Waals surface area contributed by atoms with Crippen molar-refractivity contribution in [1.29, 1.82) is 0 Å². The van der Waals surface area contributed by atoms with Gasteiger partial charge in [-0.05, 0) is 95.5 Å². The van der Waals surface area contributed by atoms with Gasteiger partial charge in [-0.2, -0.15) is 0 Å². The zero-order valence-corrected chi connectivity index (χ0v) is 34.0. The summed E-state index contributed by atoms with van der Waals surface area (Å²) in [6, 6.07) is 36.2. The van der Waals surface area contributed by atoms with Crippen LogP contribution in [0, 0.1) is 0 Å². The molecule has 1 aromatic heterocycles. The molecule has 294 valence electrons. The second kappa shape index (κ2) is 17.1. The molecule has 3 heterocycles. The number of thiocarbonyl (C=S) groups is 1. The highest BCUT2D eigenvalue weighted by atomic mass is 32.2. The van der Waals surface area contributed by atoms with E-state index in [-0.39, 0.29) is 21.9 Å². The molecule has 9 nitrogen and oxygen atoms in total. The number of hydrogen-bond acceptors (Lipinski definition) is 8. The number of carboxylic acids is 2. The van der Waals surface area contributed by atoms with Crippen LogP contribution < -0.4 is 19.7 Å². The van der Waals surface area contributed by atoms with Crippen molar-refractivity contribution < 1.29 is 24.6 Å². The highest BCUT2D eigenvalue weighted by Crippen LogP contribution is 2.52. The van der Waals surface area contributed by atoms with Gasteiger partial charge in [0.2, 0.25) is 0 Å². The van der Waals surface area contributed by atoms with Gasteiger partial charge in [0.05, 0.1) is 4.53 Å². The second-order valence-electron chi connectivity index (χ2n) is 14.7. The number of hydrogen-bond donors (Lipinski definition) is 2. The van der Waals surface area contributed by atoms with Crippen molar-refractivity contribution in [3.05, 3.63) is 150 Å². The number of carbonyl (C=O) groups is 3. The predicted octanol–water partition coefficient (Wildman–Crippen LogP) is 7.81. The Hall–Kier alpha value is -5.56. The number of amides is 1. The number of thiazole rings is 1. The summed E-state index contributed by atoms with van der Waals surface area (Å²) < 4.78 is 2.09. The minimum Gasteiger partial charge on any atom is -0.481 e. The Balaban J connectivity index is 1.09. The van der Waals surface area contributed by atoms with E-state index in [0.717, 1.165) is 86.1 Å². The Labute approximate surface area is 349 Å². The summed E-state index contributed by atoms with van der Waals surface area (Å²) in [6.45, 7) is -0.268. The largest absolute Gasteiger partial charge is 0.481 e. The zero-order valence-electron chi connectivity index (χ0n) is 31.6. The third kappa shape index (κ3) is 8.09. The van der Waals surface area contributed by atoms with E-state index in [1.807, 2.05) is 18.2 Å². The smallest absolute Gasteiger partial charge is 0.323 e. The number of aliphatic carboxylic acids is 2. The fourth-order valence-electron chi connectivity index (χ4n) is 8.33. The fourth-order valence-corrected chi connectivity index (χ4v) is 10.9. The maximum atomic E-state index is 13.8. The molecule has 0 spiro atoms. The van der Waals surface area contributed by atoms with Gasteiger partial charge in [0.25, 0.3) is 11.5 Å². The lowest BCUT2D eigenvalue weighted by molar-refractivity contribution is -0.138. The summed E-state index contributed by atoms with van der Waals surface area (Å²) in [5.74, 6) is -2.09. The number of anilines is 2. The molecule has 1 amide bonds. The van der Waals surface area contributed by atoms with Crippen LogP contribution in [0.1, 0.15) is 78.7 Å². The van der Waals surface area contributed by atoms with E-state index in [1.54, 1.807) is 6.08 Å². The highest BCUT2D eigenvalue weighted by Gasteiger charge is 2.42. The molecule has 58 heavy (non-hydrogen) atoms. The molecule has 2 fully saturated rings. The van der Waals surface area contributed by atoms with E-state index in [0.29, 0.717) is 46.6 Å². The molecule has 2 atom stereocenters. The van der Waals surface area contributed by atoms with Crippen molar-refractivity contribution in [2.24, 2.45) is 0 Å². The second-order valence-corrected chi connectivity index (χ2v) is 17.4. The van der Waals surface area contributed by atoms with Gasteiger partial charge in [-0.15, -0.1) is 11.3 Å². The van der Waals surface area contributed by atoms with Crippen molar-refractivity contribution in [2.75, 3.05) is 11.4 Å². The normalized spacial score (nSPS) is 18.4. The zero-order chi connectivity index (χ0) is 40.3.